The van der Waals surface area contributed by atoms with Crippen molar-refractivity contribution in [2.24, 2.45) is 0 Å². The molecule has 0 bridgehead atoms. The fourth-order valence-electron chi connectivity index (χ4n) is 2.26. The van der Waals surface area contributed by atoms with Crippen molar-refractivity contribution < 1.29 is 4.52 Å². The number of anilines is 1. The molecule has 0 amide bonds. The SMILES string of the molecule is Cc1nocc1-c1cnc(N2CCNCC2)c(Cl)c1.Cl.Cl. The van der Waals surface area contributed by atoms with Crippen molar-refractivity contribution in [3.05, 3.63) is 29.2 Å². The van der Waals surface area contributed by atoms with Crippen molar-refractivity contribution in [1.82, 2.24) is 15.5 Å². The minimum atomic E-state index is 0. The molecule has 0 atom stereocenters. The number of hydrogen-bond acceptors (Lipinski definition) is 5. The van der Waals surface area contributed by atoms with Gasteiger partial charge in [-0.15, -0.1) is 24.8 Å². The number of piperazine rings is 1. The van der Waals surface area contributed by atoms with E-state index >= 15 is 0 Å². The zero-order chi connectivity index (χ0) is 13.2. The van der Waals surface area contributed by atoms with Gasteiger partial charge >= 0.3 is 0 Å². The second-order valence-electron chi connectivity index (χ2n) is 4.58. The summed E-state index contributed by atoms with van der Waals surface area (Å²) in [6.07, 6.45) is 3.44. The van der Waals surface area contributed by atoms with Crippen molar-refractivity contribution in [1.29, 1.82) is 0 Å². The average Bonchev–Trinajstić information content (AvgIpc) is 2.86. The third-order valence-electron chi connectivity index (χ3n) is 3.30. The number of aromatic nitrogens is 2. The molecule has 116 valence electrons. The van der Waals surface area contributed by atoms with Crippen LogP contribution in [0.5, 0.6) is 0 Å². The summed E-state index contributed by atoms with van der Waals surface area (Å²) in [6.45, 7) is 5.68. The van der Waals surface area contributed by atoms with E-state index < -0.39 is 0 Å². The Morgan fingerprint density at radius 1 is 1.29 bits per heavy atom. The van der Waals surface area contributed by atoms with Gasteiger partial charge in [0, 0.05) is 43.5 Å². The van der Waals surface area contributed by atoms with Gasteiger partial charge in [-0.1, -0.05) is 16.8 Å². The molecule has 3 heterocycles. The first kappa shape index (κ1) is 18.0. The lowest BCUT2D eigenvalue weighted by Crippen LogP contribution is -2.44. The fraction of sp³-hybridized carbons (Fsp3) is 0.385. The predicted octanol–water partition coefficient (Wildman–Crippen LogP) is 2.95. The van der Waals surface area contributed by atoms with E-state index in [0.29, 0.717) is 5.02 Å². The lowest BCUT2D eigenvalue weighted by molar-refractivity contribution is 0.415. The number of halogens is 3. The lowest BCUT2D eigenvalue weighted by atomic mass is 10.1. The Kier molecular flexibility index (Phi) is 6.74. The first-order valence-corrected chi connectivity index (χ1v) is 6.66. The number of nitrogens with one attached hydrogen (secondary N) is 1. The number of rotatable bonds is 2. The largest absolute Gasteiger partial charge is 0.364 e. The van der Waals surface area contributed by atoms with E-state index in [4.69, 9.17) is 16.1 Å². The first-order valence-electron chi connectivity index (χ1n) is 6.28. The molecule has 2 aromatic rings. The predicted molar refractivity (Wildman–Crippen MR) is 89.1 cm³/mol. The van der Waals surface area contributed by atoms with Crippen LogP contribution in [0.4, 0.5) is 5.82 Å². The number of pyridine rings is 1. The van der Waals surface area contributed by atoms with Crippen LogP contribution in [0.15, 0.2) is 23.0 Å². The minimum absolute atomic E-state index is 0. The van der Waals surface area contributed by atoms with Crippen LogP contribution >= 0.6 is 36.4 Å². The Bertz CT molecular complexity index is 585. The zero-order valence-electron chi connectivity index (χ0n) is 11.5. The Labute approximate surface area is 140 Å². The van der Waals surface area contributed by atoms with Crippen molar-refractivity contribution in [3.63, 3.8) is 0 Å². The molecule has 21 heavy (non-hydrogen) atoms. The van der Waals surface area contributed by atoms with Crippen molar-refractivity contribution in [2.45, 2.75) is 6.92 Å². The number of hydrogen-bond donors (Lipinski definition) is 1. The smallest absolute Gasteiger partial charge is 0.147 e. The summed E-state index contributed by atoms with van der Waals surface area (Å²) in [7, 11) is 0. The fourth-order valence-corrected chi connectivity index (χ4v) is 2.54. The summed E-state index contributed by atoms with van der Waals surface area (Å²) in [5.41, 5.74) is 2.71. The molecule has 1 fully saturated rings. The van der Waals surface area contributed by atoms with Crippen LogP contribution in [0.2, 0.25) is 5.02 Å². The molecular formula is C13H17Cl3N4O. The van der Waals surface area contributed by atoms with Crippen molar-refractivity contribution in [3.8, 4) is 11.1 Å². The van der Waals surface area contributed by atoms with Crippen LogP contribution in [0, 0.1) is 6.92 Å². The molecular weight excluding hydrogens is 335 g/mol. The molecule has 1 aliphatic heterocycles. The second kappa shape index (κ2) is 7.84. The van der Waals surface area contributed by atoms with Gasteiger partial charge in [0.25, 0.3) is 0 Å². The highest BCUT2D eigenvalue weighted by Crippen LogP contribution is 2.30. The van der Waals surface area contributed by atoms with Gasteiger partial charge in [-0.05, 0) is 13.0 Å². The average molecular weight is 352 g/mol. The third kappa shape index (κ3) is 3.80. The maximum atomic E-state index is 6.36. The van der Waals surface area contributed by atoms with Gasteiger partial charge in [0.1, 0.15) is 12.1 Å². The number of aryl methyl sites for hydroxylation is 1. The van der Waals surface area contributed by atoms with Gasteiger partial charge < -0.3 is 14.7 Å². The molecule has 3 rings (SSSR count). The molecule has 2 aromatic heterocycles. The first-order chi connectivity index (χ1) is 9.25. The highest BCUT2D eigenvalue weighted by molar-refractivity contribution is 6.33. The van der Waals surface area contributed by atoms with Gasteiger partial charge in [-0.3, -0.25) is 0 Å². The second-order valence-corrected chi connectivity index (χ2v) is 4.99. The summed E-state index contributed by atoms with van der Waals surface area (Å²) >= 11 is 6.36. The summed E-state index contributed by atoms with van der Waals surface area (Å²) in [5, 5.41) is 7.85. The van der Waals surface area contributed by atoms with Gasteiger partial charge in [-0.25, -0.2) is 4.98 Å². The van der Waals surface area contributed by atoms with E-state index in [9.17, 15) is 0 Å². The van der Waals surface area contributed by atoms with E-state index in [1.165, 1.54) is 0 Å². The Hall–Kier alpha value is -1.01. The molecule has 0 aliphatic carbocycles. The van der Waals surface area contributed by atoms with Gasteiger partial charge in [0.15, 0.2) is 0 Å². The standard InChI is InChI=1S/C13H15ClN4O.2ClH/c1-9-11(8-19-17-9)10-6-12(14)13(16-7-10)18-4-2-15-3-5-18;;/h6-8,15H,2-5H2,1H3;2*1H. The highest BCUT2D eigenvalue weighted by Gasteiger charge is 2.16. The Balaban J connectivity index is 0.00000110. The maximum absolute atomic E-state index is 6.36. The van der Waals surface area contributed by atoms with Gasteiger partial charge in [0.05, 0.1) is 10.7 Å². The van der Waals surface area contributed by atoms with E-state index in [2.05, 4.69) is 20.4 Å². The van der Waals surface area contributed by atoms with Crippen molar-refractivity contribution in [2.75, 3.05) is 31.1 Å². The van der Waals surface area contributed by atoms with E-state index in [-0.39, 0.29) is 24.8 Å². The summed E-state index contributed by atoms with van der Waals surface area (Å²) in [6, 6.07) is 1.92. The number of nitrogens with zero attached hydrogens (tertiary/aromatic N) is 3. The third-order valence-corrected chi connectivity index (χ3v) is 3.58. The van der Waals surface area contributed by atoms with Crippen LogP contribution in [0.3, 0.4) is 0 Å². The van der Waals surface area contributed by atoms with Gasteiger partial charge in [0.2, 0.25) is 0 Å². The summed E-state index contributed by atoms with van der Waals surface area (Å²) < 4.78 is 4.95. The monoisotopic (exact) mass is 350 g/mol. The van der Waals surface area contributed by atoms with Crippen LogP contribution in [-0.4, -0.2) is 36.3 Å². The topological polar surface area (TPSA) is 54.2 Å². The maximum Gasteiger partial charge on any atom is 0.147 e. The quantitative estimate of drug-likeness (QED) is 0.901. The molecule has 1 aliphatic rings. The molecule has 0 aromatic carbocycles. The normalized spacial score (nSPS) is 14.3. The summed E-state index contributed by atoms with van der Waals surface area (Å²) in [5.74, 6) is 0.848. The summed E-state index contributed by atoms with van der Waals surface area (Å²) in [4.78, 5) is 6.69. The van der Waals surface area contributed by atoms with E-state index in [0.717, 1.165) is 48.8 Å². The van der Waals surface area contributed by atoms with E-state index in [1.54, 1.807) is 6.26 Å². The van der Waals surface area contributed by atoms with Crippen LogP contribution in [-0.2, 0) is 0 Å². The molecule has 5 nitrogen and oxygen atoms in total. The molecule has 0 spiro atoms. The molecule has 0 unspecified atom stereocenters. The van der Waals surface area contributed by atoms with Crippen LogP contribution < -0.4 is 10.2 Å². The van der Waals surface area contributed by atoms with Crippen molar-refractivity contribution >= 4 is 42.2 Å². The zero-order valence-corrected chi connectivity index (χ0v) is 13.9. The molecule has 1 N–H and O–H groups in total. The Morgan fingerprint density at radius 2 is 2.00 bits per heavy atom. The van der Waals surface area contributed by atoms with Crippen LogP contribution in [0.1, 0.15) is 5.69 Å². The van der Waals surface area contributed by atoms with Gasteiger partial charge in [-0.2, -0.15) is 0 Å². The molecule has 1 saturated heterocycles. The lowest BCUT2D eigenvalue weighted by Gasteiger charge is -2.29. The van der Waals surface area contributed by atoms with Crippen LogP contribution in [0.25, 0.3) is 11.1 Å². The molecule has 8 heteroatoms. The molecule has 0 radical (unpaired) electrons. The minimum Gasteiger partial charge on any atom is -0.364 e. The highest BCUT2D eigenvalue weighted by atomic mass is 35.5. The Morgan fingerprint density at radius 3 is 2.57 bits per heavy atom. The van der Waals surface area contributed by atoms with E-state index in [1.807, 2.05) is 19.2 Å². The molecule has 0 saturated carbocycles.